The van der Waals surface area contributed by atoms with E-state index in [9.17, 15) is 4.57 Å². The van der Waals surface area contributed by atoms with E-state index in [0.29, 0.717) is 16.8 Å². The van der Waals surface area contributed by atoms with Crippen LogP contribution in [0.3, 0.4) is 0 Å². The van der Waals surface area contributed by atoms with Gasteiger partial charge in [0.15, 0.2) is 0 Å². The van der Waals surface area contributed by atoms with Crippen LogP contribution in [0.1, 0.15) is 0 Å². The summed E-state index contributed by atoms with van der Waals surface area (Å²) in [4.78, 5) is 4.73. The fourth-order valence-corrected chi connectivity index (χ4v) is 5.45. The number of rotatable bonds is 5. The Kier molecular flexibility index (Phi) is 4.70. The highest BCUT2D eigenvalue weighted by atomic mass is 31.2. The van der Waals surface area contributed by atoms with Gasteiger partial charge in [-0.2, -0.15) is 0 Å². The molecular weight excluding hydrogens is 393 g/mol. The third kappa shape index (κ3) is 3.42. The van der Waals surface area contributed by atoms with Crippen molar-refractivity contribution in [3.05, 3.63) is 109 Å². The molecule has 0 radical (unpaired) electrons. The molecule has 0 aliphatic heterocycles. The molecule has 0 saturated carbocycles. The van der Waals surface area contributed by atoms with E-state index in [0.717, 1.165) is 21.8 Å². The summed E-state index contributed by atoms with van der Waals surface area (Å²) in [6.07, 6.45) is 0. The zero-order valence-electron chi connectivity index (χ0n) is 16.0. The summed E-state index contributed by atoms with van der Waals surface area (Å²) in [7, 11) is -3.85. The van der Waals surface area contributed by atoms with Crippen LogP contribution in [0.5, 0.6) is 11.5 Å². The molecule has 0 amide bonds. The lowest BCUT2D eigenvalue weighted by molar-refractivity contribution is 0.400. The van der Waals surface area contributed by atoms with Crippen molar-refractivity contribution >= 4 is 34.7 Å². The molecule has 4 aromatic carbocycles. The van der Waals surface area contributed by atoms with Crippen LogP contribution >= 0.6 is 7.60 Å². The molecule has 0 aliphatic carbocycles. The normalized spacial score (nSPS) is 11.5. The van der Waals surface area contributed by atoms with Crippen LogP contribution < -0.4 is 14.4 Å². The summed E-state index contributed by atoms with van der Waals surface area (Å²) in [5, 5.41) is 1.99. The van der Waals surface area contributed by atoms with E-state index in [1.54, 1.807) is 24.3 Å². The number of aromatic nitrogens is 1. The van der Waals surface area contributed by atoms with E-state index in [1.165, 1.54) is 0 Å². The Labute approximate surface area is 174 Å². The van der Waals surface area contributed by atoms with Gasteiger partial charge in [0.05, 0.1) is 11.0 Å². The van der Waals surface area contributed by atoms with Gasteiger partial charge in [0.1, 0.15) is 16.8 Å². The van der Waals surface area contributed by atoms with Gasteiger partial charge < -0.3 is 9.05 Å². The predicted molar refractivity (Wildman–Crippen MR) is 121 cm³/mol. The SMILES string of the molecule is O=P(Oc1ccccc1)(Oc1ccccc1)c1c2ccccc2nc2ccccc12. The van der Waals surface area contributed by atoms with Crippen molar-refractivity contribution in [3.8, 4) is 11.5 Å². The average Bonchev–Trinajstić information content (AvgIpc) is 2.78. The molecule has 0 saturated heterocycles. The lowest BCUT2D eigenvalue weighted by atomic mass is 10.1. The van der Waals surface area contributed by atoms with Crippen molar-refractivity contribution in [3.63, 3.8) is 0 Å². The van der Waals surface area contributed by atoms with Crippen LogP contribution in [-0.2, 0) is 4.57 Å². The van der Waals surface area contributed by atoms with Crippen molar-refractivity contribution < 1.29 is 13.6 Å². The van der Waals surface area contributed by atoms with E-state index >= 15 is 0 Å². The summed E-state index contributed by atoms with van der Waals surface area (Å²) < 4.78 is 26.7. The van der Waals surface area contributed by atoms with E-state index in [1.807, 2.05) is 84.9 Å². The van der Waals surface area contributed by atoms with Crippen LogP contribution in [0.25, 0.3) is 21.8 Å². The van der Waals surface area contributed by atoms with Gasteiger partial charge in [0, 0.05) is 10.8 Å². The first-order valence-electron chi connectivity index (χ1n) is 9.60. The summed E-state index contributed by atoms with van der Waals surface area (Å²) in [5.74, 6) is 0.948. The monoisotopic (exact) mass is 411 g/mol. The van der Waals surface area contributed by atoms with Gasteiger partial charge in [-0.25, -0.2) is 9.55 Å². The maximum Gasteiger partial charge on any atom is 0.464 e. The van der Waals surface area contributed by atoms with E-state index < -0.39 is 7.60 Å². The number of para-hydroxylation sites is 4. The number of fused-ring (bicyclic) bond motifs is 2. The Morgan fingerprint density at radius 1 is 0.533 bits per heavy atom. The van der Waals surface area contributed by atoms with Crippen molar-refractivity contribution in [2.75, 3.05) is 0 Å². The first kappa shape index (κ1) is 18.4. The second-order valence-electron chi connectivity index (χ2n) is 6.80. The smallest absolute Gasteiger partial charge is 0.413 e. The van der Waals surface area contributed by atoms with Gasteiger partial charge in [-0.3, -0.25) is 0 Å². The highest BCUT2D eigenvalue weighted by Crippen LogP contribution is 2.50. The fourth-order valence-electron chi connectivity index (χ4n) is 3.46. The Hall–Kier alpha value is -3.62. The standard InChI is InChI=1S/C25H18NO3P/c27-30(28-19-11-3-1-4-12-19,29-20-13-5-2-6-14-20)25-21-15-7-9-17-23(21)26-24-18-10-8-16-22(24)25/h1-18H. The molecule has 146 valence electrons. The van der Waals surface area contributed by atoms with Gasteiger partial charge in [0.2, 0.25) is 0 Å². The van der Waals surface area contributed by atoms with Crippen LogP contribution in [-0.4, -0.2) is 4.98 Å². The predicted octanol–water partition coefficient (Wildman–Crippen LogP) is 6.36. The van der Waals surface area contributed by atoms with Crippen LogP contribution in [0.4, 0.5) is 0 Å². The molecule has 0 bridgehead atoms. The fraction of sp³-hybridized carbons (Fsp3) is 0. The molecule has 5 aromatic rings. The molecule has 0 spiro atoms. The van der Waals surface area contributed by atoms with Crippen molar-refractivity contribution in [1.29, 1.82) is 0 Å². The topological polar surface area (TPSA) is 48.4 Å². The zero-order chi connectivity index (χ0) is 20.4. The van der Waals surface area contributed by atoms with Gasteiger partial charge in [-0.15, -0.1) is 0 Å². The molecule has 4 nitrogen and oxygen atoms in total. The van der Waals surface area contributed by atoms with E-state index in [-0.39, 0.29) is 0 Å². The largest absolute Gasteiger partial charge is 0.464 e. The zero-order valence-corrected chi connectivity index (χ0v) is 16.9. The molecule has 5 rings (SSSR count). The third-order valence-electron chi connectivity index (χ3n) is 4.77. The first-order valence-corrected chi connectivity index (χ1v) is 11.1. The molecule has 0 aliphatic rings. The quantitative estimate of drug-likeness (QED) is 0.249. The minimum absolute atomic E-state index is 0.474. The van der Waals surface area contributed by atoms with Crippen LogP contribution in [0.2, 0.25) is 0 Å². The second-order valence-corrected chi connectivity index (χ2v) is 8.61. The molecular formula is C25H18NO3P. The van der Waals surface area contributed by atoms with Crippen molar-refractivity contribution in [2.45, 2.75) is 0 Å². The molecule has 0 N–H and O–H groups in total. The molecule has 30 heavy (non-hydrogen) atoms. The van der Waals surface area contributed by atoms with Crippen molar-refractivity contribution in [1.82, 2.24) is 4.98 Å². The van der Waals surface area contributed by atoms with Crippen LogP contribution in [0, 0.1) is 0 Å². The highest BCUT2D eigenvalue weighted by molar-refractivity contribution is 7.64. The Morgan fingerprint density at radius 2 is 0.933 bits per heavy atom. The summed E-state index contributed by atoms with van der Waals surface area (Å²) in [6, 6.07) is 33.4. The summed E-state index contributed by atoms with van der Waals surface area (Å²) in [6.45, 7) is 0. The number of pyridine rings is 1. The molecule has 5 heteroatoms. The van der Waals surface area contributed by atoms with Gasteiger partial charge in [-0.1, -0.05) is 72.8 Å². The second kappa shape index (κ2) is 7.66. The Balaban J connectivity index is 1.80. The third-order valence-corrected chi connectivity index (χ3v) is 6.70. The molecule has 0 fully saturated rings. The maximum absolute atomic E-state index is 14.5. The van der Waals surface area contributed by atoms with Crippen molar-refractivity contribution in [2.24, 2.45) is 0 Å². The highest BCUT2D eigenvalue weighted by Gasteiger charge is 2.35. The molecule has 0 unspecified atom stereocenters. The number of hydrogen-bond acceptors (Lipinski definition) is 4. The number of nitrogens with zero attached hydrogens (tertiary/aromatic N) is 1. The lowest BCUT2D eigenvalue weighted by Crippen LogP contribution is -2.17. The van der Waals surface area contributed by atoms with E-state index in [4.69, 9.17) is 14.0 Å². The van der Waals surface area contributed by atoms with Gasteiger partial charge >= 0.3 is 7.60 Å². The first-order chi connectivity index (χ1) is 14.7. The maximum atomic E-state index is 14.5. The Morgan fingerprint density at radius 3 is 1.40 bits per heavy atom. The minimum atomic E-state index is -3.85. The van der Waals surface area contributed by atoms with E-state index in [2.05, 4.69) is 0 Å². The number of benzene rings is 4. The number of hydrogen-bond donors (Lipinski definition) is 0. The van der Waals surface area contributed by atoms with Gasteiger partial charge in [0.25, 0.3) is 0 Å². The molecule has 1 heterocycles. The average molecular weight is 411 g/mol. The lowest BCUT2D eigenvalue weighted by Gasteiger charge is -2.22. The Bertz CT molecular complexity index is 1270. The minimum Gasteiger partial charge on any atom is -0.413 e. The molecule has 0 atom stereocenters. The summed E-state index contributed by atoms with van der Waals surface area (Å²) >= 11 is 0. The van der Waals surface area contributed by atoms with Gasteiger partial charge in [-0.05, 0) is 36.4 Å². The molecule has 1 aromatic heterocycles. The van der Waals surface area contributed by atoms with Crippen LogP contribution in [0.15, 0.2) is 109 Å². The summed E-state index contributed by atoms with van der Waals surface area (Å²) in [5.41, 5.74) is 1.47.